The Morgan fingerprint density at radius 1 is 1.38 bits per heavy atom. The van der Waals surface area contributed by atoms with Gasteiger partial charge in [-0.2, -0.15) is 0 Å². The molecule has 2 aromatic rings. The summed E-state index contributed by atoms with van der Waals surface area (Å²) < 4.78 is 2.21. The first kappa shape index (κ1) is 14.5. The lowest BCUT2D eigenvalue weighted by Gasteiger charge is -2.08. The van der Waals surface area contributed by atoms with Gasteiger partial charge in [-0.25, -0.2) is 4.98 Å². The van der Waals surface area contributed by atoms with Crippen molar-refractivity contribution in [3.05, 3.63) is 34.6 Å². The van der Waals surface area contributed by atoms with Crippen LogP contribution < -0.4 is 5.73 Å². The van der Waals surface area contributed by atoms with E-state index in [9.17, 15) is 0 Å². The van der Waals surface area contributed by atoms with Crippen molar-refractivity contribution in [3.8, 4) is 11.3 Å². The Kier molecular flexibility index (Phi) is 3.94. The van der Waals surface area contributed by atoms with E-state index in [-0.39, 0.29) is 0 Å². The lowest BCUT2D eigenvalue weighted by molar-refractivity contribution is 0.609. The van der Waals surface area contributed by atoms with Gasteiger partial charge in [0, 0.05) is 23.0 Å². The molecule has 1 fully saturated rings. The van der Waals surface area contributed by atoms with Gasteiger partial charge in [-0.1, -0.05) is 37.1 Å². The Balaban J connectivity index is 2.03. The third kappa shape index (κ3) is 2.80. The van der Waals surface area contributed by atoms with Crippen molar-refractivity contribution in [2.45, 2.75) is 52.0 Å². The van der Waals surface area contributed by atoms with Gasteiger partial charge in [-0.05, 0) is 37.8 Å². The zero-order valence-corrected chi connectivity index (χ0v) is 13.5. The van der Waals surface area contributed by atoms with Crippen LogP contribution in [0.4, 0.5) is 5.82 Å². The normalized spacial score (nSPS) is 14.6. The van der Waals surface area contributed by atoms with Crippen LogP contribution in [0.25, 0.3) is 11.3 Å². The Bertz CT molecular complexity index is 656. The molecule has 2 N–H and O–H groups in total. The number of hydrogen-bond acceptors (Lipinski definition) is 2. The molecule has 1 saturated carbocycles. The summed E-state index contributed by atoms with van der Waals surface area (Å²) in [4.78, 5) is 4.84. The van der Waals surface area contributed by atoms with Gasteiger partial charge in [0.25, 0.3) is 0 Å². The standard InChI is InChI=1S/C17H22ClN3/c1-3-4-9-21-16(19)15(20-17(21)12-7-8-12)13-6-5-11(2)14(18)10-13/h5-6,10,12H,3-4,7-9,19H2,1-2H3. The fourth-order valence-electron chi connectivity index (χ4n) is 2.64. The minimum Gasteiger partial charge on any atom is -0.383 e. The number of anilines is 1. The highest BCUT2D eigenvalue weighted by Crippen LogP contribution is 2.42. The summed E-state index contributed by atoms with van der Waals surface area (Å²) in [7, 11) is 0. The number of nitrogen functional groups attached to an aromatic ring is 1. The minimum atomic E-state index is 0.596. The molecule has 1 aromatic carbocycles. The van der Waals surface area contributed by atoms with Gasteiger partial charge in [0.2, 0.25) is 0 Å². The highest BCUT2D eigenvalue weighted by atomic mass is 35.5. The SMILES string of the molecule is CCCCn1c(C2CC2)nc(-c2ccc(C)c(Cl)c2)c1N. The van der Waals surface area contributed by atoms with Crippen molar-refractivity contribution in [2.75, 3.05) is 5.73 Å². The number of unbranched alkanes of at least 4 members (excludes halogenated alkanes) is 1. The van der Waals surface area contributed by atoms with Crippen molar-refractivity contribution in [1.29, 1.82) is 0 Å². The van der Waals surface area contributed by atoms with Crippen molar-refractivity contribution in [2.24, 2.45) is 0 Å². The first-order valence-electron chi connectivity index (χ1n) is 7.74. The van der Waals surface area contributed by atoms with Crippen LogP contribution in [-0.2, 0) is 6.54 Å². The predicted molar refractivity (Wildman–Crippen MR) is 88.7 cm³/mol. The predicted octanol–water partition coefficient (Wildman–Crippen LogP) is 4.77. The molecule has 0 radical (unpaired) electrons. The highest BCUT2D eigenvalue weighted by Gasteiger charge is 2.30. The highest BCUT2D eigenvalue weighted by molar-refractivity contribution is 6.31. The van der Waals surface area contributed by atoms with E-state index in [0.717, 1.165) is 52.9 Å². The van der Waals surface area contributed by atoms with Crippen molar-refractivity contribution in [1.82, 2.24) is 9.55 Å². The molecule has 0 atom stereocenters. The van der Waals surface area contributed by atoms with E-state index in [4.69, 9.17) is 22.3 Å². The van der Waals surface area contributed by atoms with Crippen LogP contribution in [0.15, 0.2) is 18.2 Å². The first-order valence-corrected chi connectivity index (χ1v) is 8.12. The minimum absolute atomic E-state index is 0.596. The molecule has 3 rings (SSSR count). The van der Waals surface area contributed by atoms with Crippen LogP contribution in [0.2, 0.25) is 5.02 Å². The van der Waals surface area contributed by atoms with Crippen molar-refractivity contribution in [3.63, 3.8) is 0 Å². The molecule has 0 spiro atoms. The van der Waals surface area contributed by atoms with Gasteiger partial charge in [0.05, 0.1) is 0 Å². The fraction of sp³-hybridized carbons (Fsp3) is 0.471. The van der Waals surface area contributed by atoms with Crippen LogP contribution in [0.5, 0.6) is 0 Å². The number of imidazole rings is 1. The van der Waals surface area contributed by atoms with Crippen LogP contribution in [-0.4, -0.2) is 9.55 Å². The first-order chi connectivity index (χ1) is 10.1. The molecule has 0 unspecified atom stereocenters. The van der Waals surface area contributed by atoms with Gasteiger partial charge >= 0.3 is 0 Å². The summed E-state index contributed by atoms with van der Waals surface area (Å²) in [5.41, 5.74) is 9.36. The van der Waals surface area contributed by atoms with E-state index < -0.39 is 0 Å². The summed E-state index contributed by atoms with van der Waals surface area (Å²) in [6.45, 7) is 5.16. The second kappa shape index (κ2) is 5.72. The second-order valence-corrected chi connectivity index (χ2v) is 6.35. The maximum absolute atomic E-state index is 6.39. The monoisotopic (exact) mass is 303 g/mol. The Morgan fingerprint density at radius 3 is 2.76 bits per heavy atom. The molecule has 112 valence electrons. The van der Waals surface area contributed by atoms with Gasteiger partial charge in [-0.15, -0.1) is 0 Å². The number of rotatable bonds is 5. The Hall–Kier alpha value is -1.48. The molecule has 3 nitrogen and oxygen atoms in total. The van der Waals surface area contributed by atoms with Gasteiger partial charge in [-0.3, -0.25) is 0 Å². The molecule has 0 aliphatic heterocycles. The molecule has 0 bridgehead atoms. The number of nitrogens with zero attached hydrogens (tertiary/aromatic N) is 2. The number of aryl methyl sites for hydroxylation is 1. The molecule has 0 saturated heterocycles. The topological polar surface area (TPSA) is 43.8 Å². The molecule has 1 aromatic heterocycles. The molecular weight excluding hydrogens is 282 g/mol. The van der Waals surface area contributed by atoms with Crippen LogP contribution in [0, 0.1) is 6.92 Å². The van der Waals surface area contributed by atoms with Gasteiger partial charge in [0.1, 0.15) is 17.3 Å². The van der Waals surface area contributed by atoms with E-state index >= 15 is 0 Å². The molecular formula is C17H22ClN3. The van der Waals surface area contributed by atoms with Crippen LogP contribution in [0.3, 0.4) is 0 Å². The van der Waals surface area contributed by atoms with E-state index in [1.807, 2.05) is 19.1 Å². The number of halogens is 1. The van der Waals surface area contributed by atoms with E-state index in [1.54, 1.807) is 0 Å². The Morgan fingerprint density at radius 2 is 2.14 bits per heavy atom. The third-order valence-electron chi connectivity index (χ3n) is 4.16. The lowest BCUT2D eigenvalue weighted by Crippen LogP contribution is -2.06. The Labute approximate surface area is 131 Å². The third-order valence-corrected chi connectivity index (χ3v) is 4.57. The zero-order valence-electron chi connectivity index (χ0n) is 12.7. The summed E-state index contributed by atoms with van der Waals surface area (Å²) >= 11 is 6.25. The molecule has 1 heterocycles. The molecule has 21 heavy (non-hydrogen) atoms. The van der Waals surface area contributed by atoms with Crippen molar-refractivity contribution < 1.29 is 0 Å². The zero-order chi connectivity index (χ0) is 15.0. The maximum atomic E-state index is 6.39. The maximum Gasteiger partial charge on any atom is 0.131 e. The number of benzene rings is 1. The largest absolute Gasteiger partial charge is 0.383 e. The van der Waals surface area contributed by atoms with Crippen LogP contribution in [0.1, 0.15) is 49.9 Å². The molecule has 4 heteroatoms. The van der Waals surface area contributed by atoms with Gasteiger partial charge in [0.15, 0.2) is 0 Å². The van der Waals surface area contributed by atoms with E-state index in [1.165, 1.54) is 12.8 Å². The smallest absolute Gasteiger partial charge is 0.131 e. The number of nitrogens with two attached hydrogens (primary N) is 1. The quantitative estimate of drug-likeness (QED) is 0.864. The molecule has 0 amide bonds. The summed E-state index contributed by atoms with van der Waals surface area (Å²) in [5, 5.41) is 0.767. The molecule has 1 aliphatic rings. The van der Waals surface area contributed by atoms with Crippen LogP contribution >= 0.6 is 11.6 Å². The fourth-order valence-corrected chi connectivity index (χ4v) is 2.82. The second-order valence-electron chi connectivity index (χ2n) is 5.95. The average molecular weight is 304 g/mol. The summed E-state index contributed by atoms with van der Waals surface area (Å²) in [6.07, 6.45) is 4.76. The van der Waals surface area contributed by atoms with E-state index in [2.05, 4.69) is 17.6 Å². The number of aromatic nitrogens is 2. The molecule has 1 aliphatic carbocycles. The van der Waals surface area contributed by atoms with E-state index in [0.29, 0.717) is 5.92 Å². The summed E-state index contributed by atoms with van der Waals surface area (Å²) in [6, 6.07) is 6.05. The average Bonchev–Trinajstić information content (AvgIpc) is 3.25. The number of hydrogen-bond donors (Lipinski definition) is 1. The summed E-state index contributed by atoms with van der Waals surface area (Å²) in [5.74, 6) is 2.54. The lowest BCUT2D eigenvalue weighted by atomic mass is 10.1. The van der Waals surface area contributed by atoms with Crippen molar-refractivity contribution >= 4 is 17.4 Å². The van der Waals surface area contributed by atoms with Gasteiger partial charge < -0.3 is 10.3 Å².